The zero-order valence-corrected chi connectivity index (χ0v) is 7.66. The van der Waals surface area contributed by atoms with Gasteiger partial charge in [0.25, 0.3) is 0 Å². The molecular weight excluding hydrogens is 160 g/mol. The molecule has 0 aliphatic carbocycles. The lowest BCUT2D eigenvalue weighted by Crippen LogP contribution is -2.27. The van der Waals surface area contributed by atoms with Gasteiger partial charge in [0.1, 0.15) is 0 Å². The van der Waals surface area contributed by atoms with Crippen molar-refractivity contribution >= 4 is 0 Å². The summed E-state index contributed by atoms with van der Waals surface area (Å²) in [5, 5.41) is 26.3. The zero-order valence-electron chi connectivity index (χ0n) is 7.66. The highest BCUT2D eigenvalue weighted by atomic mass is 16.6. The summed E-state index contributed by atoms with van der Waals surface area (Å²) < 4.78 is 4.97. The molecule has 4 heteroatoms. The molecule has 0 aliphatic heterocycles. The van der Waals surface area contributed by atoms with Crippen LogP contribution in [0.25, 0.3) is 0 Å². The predicted octanol–water partition coefficient (Wildman–Crippen LogP) is -0.278. The molecule has 0 aromatic heterocycles. The van der Waals surface area contributed by atoms with E-state index in [9.17, 15) is 0 Å². The molecule has 0 heterocycles. The van der Waals surface area contributed by atoms with Crippen LogP contribution in [0.1, 0.15) is 20.3 Å². The Morgan fingerprint density at radius 2 is 1.92 bits per heavy atom. The van der Waals surface area contributed by atoms with Crippen molar-refractivity contribution in [2.45, 2.75) is 26.6 Å². The van der Waals surface area contributed by atoms with Crippen LogP contribution in [0.15, 0.2) is 0 Å². The van der Waals surface area contributed by atoms with Crippen LogP contribution in [0.4, 0.5) is 0 Å². The van der Waals surface area contributed by atoms with Crippen molar-refractivity contribution in [3.05, 3.63) is 0 Å². The van der Waals surface area contributed by atoms with Crippen molar-refractivity contribution in [1.82, 2.24) is 0 Å². The molecule has 4 nitrogen and oxygen atoms in total. The number of hydrogen-bond acceptors (Lipinski definition) is 4. The average molecular weight is 178 g/mol. The minimum Gasteiger partial charge on any atom is -0.396 e. The summed E-state index contributed by atoms with van der Waals surface area (Å²) in [6.07, 6.45) is -0.720. The summed E-state index contributed by atoms with van der Waals surface area (Å²) in [6.45, 7) is 3.86. The van der Waals surface area contributed by atoms with Gasteiger partial charge in [-0.3, -0.25) is 0 Å². The van der Waals surface area contributed by atoms with Crippen LogP contribution < -0.4 is 0 Å². The maximum absolute atomic E-state index is 9.04. The number of hydrogen-bond donors (Lipinski definition) is 3. The van der Waals surface area contributed by atoms with E-state index < -0.39 is 6.29 Å². The predicted molar refractivity (Wildman–Crippen MR) is 44.5 cm³/mol. The Balaban J connectivity index is 3.52. The molecule has 0 fully saturated rings. The van der Waals surface area contributed by atoms with Crippen LogP contribution in [0.3, 0.4) is 0 Å². The lowest BCUT2D eigenvalue weighted by Gasteiger charge is -2.23. The summed E-state index contributed by atoms with van der Waals surface area (Å²) >= 11 is 0. The zero-order chi connectivity index (χ0) is 9.61. The topological polar surface area (TPSA) is 69.9 Å². The van der Waals surface area contributed by atoms with Gasteiger partial charge in [-0.05, 0) is 0 Å². The molecular formula is C8H18O4. The molecule has 3 N–H and O–H groups in total. The minimum atomic E-state index is -0.930. The van der Waals surface area contributed by atoms with E-state index in [2.05, 4.69) is 0 Å². The van der Waals surface area contributed by atoms with E-state index >= 15 is 0 Å². The van der Waals surface area contributed by atoms with Gasteiger partial charge in [0.05, 0.1) is 13.2 Å². The van der Waals surface area contributed by atoms with Gasteiger partial charge in [0.2, 0.25) is 0 Å². The average Bonchev–Trinajstić information content (AvgIpc) is 2.02. The number of aliphatic hydroxyl groups excluding tert-OH is 3. The Bertz CT molecular complexity index is 114. The Hall–Kier alpha value is -0.160. The molecule has 1 unspecified atom stereocenters. The molecule has 0 saturated heterocycles. The first-order valence-electron chi connectivity index (χ1n) is 4.03. The van der Waals surface area contributed by atoms with Crippen LogP contribution in [0.2, 0.25) is 0 Å². The van der Waals surface area contributed by atoms with Crippen molar-refractivity contribution in [1.29, 1.82) is 0 Å². The summed E-state index contributed by atoms with van der Waals surface area (Å²) in [7, 11) is 0. The van der Waals surface area contributed by atoms with Crippen molar-refractivity contribution in [2.75, 3.05) is 19.8 Å². The molecule has 1 atom stereocenters. The van der Waals surface area contributed by atoms with Crippen molar-refractivity contribution in [2.24, 2.45) is 5.41 Å². The maximum atomic E-state index is 9.04. The smallest absolute Gasteiger partial charge is 0.156 e. The van der Waals surface area contributed by atoms with E-state index in [1.165, 1.54) is 0 Å². The van der Waals surface area contributed by atoms with E-state index in [0.717, 1.165) is 0 Å². The van der Waals surface area contributed by atoms with Crippen LogP contribution >= 0.6 is 0 Å². The number of aliphatic hydroxyl groups is 3. The summed E-state index contributed by atoms with van der Waals surface area (Å²) in [5.74, 6) is 0. The van der Waals surface area contributed by atoms with Crippen molar-refractivity contribution in [3.63, 3.8) is 0 Å². The van der Waals surface area contributed by atoms with Gasteiger partial charge < -0.3 is 20.1 Å². The second kappa shape index (κ2) is 5.48. The number of ether oxygens (including phenoxy) is 1. The van der Waals surface area contributed by atoms with Gasteiger partial charge in [0, 0.05) is 18.4 Å². The number of rotatable bonds is 6. The first-order chi connectivity index (χ1) is 5.52. The van der Waals surface area contributed by atoms with Gasteiger partial charge >= 0.3 is 0 Å². The highest BCUT2D eigenvalue weighted by Gasteiger charge is 2.18. The first kappa shape index (κ1) is 11.8. The van der Waals surface area contributed by atoms with E-state index in [1.54, 1.807) is 0 Å². The molecule has 0 rings (SSSR count). The van der Waals surface area contributed by atoms with Crippen LogP contribution in [0, 0.1) is 5.41 Å². The third-order valence-electron chi connectivity index (χ3n) is 1.47. The molecule has 0 aromatic carbocycles. The van der Waals surface area contributed by atoms with Gasteiger partial charge in [0.15, 0.2) is 6.29 Å². The largest absolute Gasteiger partial charge is 0.396 e. The highest BCUT2D eigenvalue weighted by Crippen LogP contribution is 2.14. The molecule has 0 bridgehead atoms. The third kappa shape index (κ3) is 5.49. The minimum absolute atomic E-state index is 0.0127. The lowest BCUT2D eigenvalue weighted by molar-refractivity contribution is -0.134. The molecule has 74 valence electrons. The fourth-order valence-corrected chi connectivity index (χ4v) is 0.561. The van der Waals surface area contributed by atoms with Crippen LogP contribution in [0.5, 0.6) is 0 Å². The van der Waals surface area contributed by atoms with Gasteiger partial charge in [-0.25, -0.2) is 0 Å². The second-order valence-corrected chi connectivity index (χ2v) is 3.60. The first-order valence-corrected chi connectivity index (χ1v) is 4.03. The second-order valence-electron chi connectivity index (χ2n) is 3.60. The standard InChI is InChI=1S/C8H18O4/c1-8(2,5-10)6-12-7(11)3-4-9/h7,9-11H,3-6H2,1-2H3. The normalized spacial score (nSPS) is 14.8. The SMILES string of the molecule is CC(C)(CO)COC(O)CCO. The molecule has 0 spiro atoms. The monoisotopic (exact) mass is 178 g/mol. The third-order valence-corrected chi connectivity index (χ3v) is 1.47. The fraction of sp³-hybridized carbons (Fsp3) is 1.00. The summed E-state index contributed by atoms with van der Waals surface area (Å²) in [4.78, 5) is 0. The Morgan fingerprint density at radius 1 is 1.33 bits per heavy atom. The summed E-state index contributed by atoms with van der Waals surface area (Å²) in [6, 6.07) is 0. The van der Waals surface area contributed by atoms with Crippen molar-refractivity contribution < 1.29 is 20.1 Å². The Labute approximate surface area is 72.8 Å². The molecule has 0 aromatic rings. The fourth-order valence-electron chi connectivity index (χ4n) is 0.561. The molecule has 0 saturated carbocycles. The highest BCUT2D eigenvalue weighted by molar-refractivity contribution is 4.65. The van der Waals surface area contributed by atoms with Crippen LogP contribution in [-0.2, 0) is 4.74 Å². The Morgan fingerprint density at radius 3 is 2.33 bits per heavy atom. The van der Waals surface area contributed by atoms with Gasteiger partial charge in [-0.15, -0.1) is 0 Å². The quantitative estimate of drug-likeness (QED) is 0.489. The van der Waals surface area contributed by atoms with Crippen LogP contribution in [-0.4, -0.2) is 41.4 Å². The lowest BCUT2D eigenvalue weighted by atomic mass is 9.97. The summed E-state index contributed by atoms with van der Waals surface area (Å²) in [5.41, 5.74) is -0.337. The molecule has 0 amide bonds. The van der Waals surface area contributed by atoms with E-state index in [1.807, 2.05) is 13.8 Å². The van der Waals surface area contributed by atoms with E-state index in [-0.39, 0.29) is 31.7 Å². The van der Waals surface area contributed by atoms with E-state index in [4.69, 9.17) is 20.1 Å². The van der Waals surface area contributed by atoms with Gasteiger partial charge in [-0.2, -0.15) is 0 Å². The Kier molecular flexibility index (Phi) is 5.41. The van der Waals surface area contributed by atoms with E-state index in [0.29, 0.717) is 0 Å². The molecule has 0 aliphatic rings. The molecule has 12 heavy (non-hydrogen) atoms. The maximum Gasteiger partial charge on any atom is 0.156 e. The molecule has 0 radical (unpaired) electrons. The van der Waals surface area contributed by atoms with Crippen molar-refractivity contribution in [3.8, 4) is 0 Å². The van der Waals surface area contributed by atoms with Gasteiger partial charge in [-0.1, -0.05) is 13.8 Å².